The molecule has 0 aliphatic carbocycles. The number of fused-ring (bicyclic) bond motifs is 1. The van der Waals surface area contributed by atoms with Crippen LogP contribution >= 0.6 is 39.0 Å². The zero-order chi connectivity index (χ0) is 21.6. The molecule has 0 radical (unpaired) electrons. The van der Waals surface area contributed by atoms with Gasteiger partial charge in [-0.15, -0.1) is 0 Å². The van der Waals surface area contributed by atoms with Gasteiger partial charge in [0.05, 0.1) is 21.7 Å². The minimum absolute atomic E-state index is 0.000943. The number of thiazole rings is 1. The normalized spacial score (nSPS) is 12.5. The number of hydrogen-bond donors (Lipinski definition) is 0. The molecule has 0 fully saturated rings. The molecule has 1 heterocycles. The van der Waals surface area contributed by atoms with Gasteiger partial charge in [0.1, 0.15) is 0 Å². The van der Waals surface area contributed by atoms with Crippen molar-refractivity contribution in [3.63, 3.8) is 0 Å². The number of aromatic nitrogens is 1. The molecule has 30 heavy (non-hydrogen) atoms. The van der Waals surface area contributed by atoms with Crippen molar-refractivity contribution in [1.82, 2.24) is 4.57 Å². The summed E-state index contributed by atoms with van der Waals surface area (Å²) >= 11 is 6.70. The molecule has 160 valence electrons. The third-order valence-electron chi connectivity index (χ3n) is 4.46. The first kappa shape index (κ1) is 23.2. The Bertz CT molecular complexity index is 1190. The van der Waals surface area contributed by atoms with E-state index >= 15 is 0 Å². The molecule has 0 aliphatic rings. The van der Waals surface area contributed by atoms with Gasteiger partial charge in [0.2, 0.25) is 5.91 Å². The molecule has 0 bridgehead atoms. The highest BCUT2D eigenvalue weighted by Crippen LogP contribution is 2.22. The maximum Gasteiger partial charge on any atom is 0.248 e. The van der Waals surface area contributed by atoms with Crippen molar-refractivity contribution in [2.45, 2.75) is 25.1 Å². The number of benzene rings is 2. The van der Waals surface area contributed by atoms with Crippen LogP contribution in [0.25, 0.3) is 10.2 Å². The van der Waals surface area contributed by atoms with Crippen LogP contribution in [0.1, 0.15) is 18.4 Å². The van der Waals surface area contributed by atoms with Crippen LogP contribution in [0.15, 0.2) is 58.0 Å². The minimum Gasteiger partial charge on any atom is -0.316 e. The predicted molar refractivity (Wildman–Crippen MR) is 130 cm³/mol. The van der Waals surface area contributed by atoms with Crippen molar-refractivity contribution in [1.29, 1.82) is 0 Å². The standard InChI is InChI=1S/C21H23BrN2O3S3/c1-28-12-11-24-18-10-9-17(22)14-19(18)29-21(24)23-20(25)8-5-13-30(26,27)15-16-6-3-2-4-7-16/h2-4,6-7,9-10,14H,5,8,11-13,15H2,1H3. The molecule has 9 heteroatoms. The SMILES string of the molecule is CSCCn1c(=NC(=O)CCCS(=O)(=O)Cc2ccccc2)sc2cc(Br)ccc21. The fourth-order valence-corrected chi connectivity index (χ4v) is 6.46. The zero-order valence-corrected chi connectivity index (χ0v) is 20.6. The molecule has 1 amide bonds. The second kappa shape index (κ2) is 10.7. The van der Waals surface area contributed by atoms with Crippen LogP contribution < -0.4 is 4.80 Å². The summed E-state index contributed by atoms with van der Waals surface area (Å²) in [7, 11) is -3.25. The van der Waals surface area contributed by atoms with Crippen molar-refractivity contribution >= 4 is 65.0 Å². The molecule has 5 nitrogen and oxygen atoms in total. The van der Waals surface area contributed by atoms with Gasteiger partial charge in [-0.3, -0.25) is 4.79 Å². The molecule has 0 atom stereocenters. The molecule has 3 rings (SSSR count). The highest BCUT2D eigenvalue weighted by Gasteiger charge is 2.13. The van der Waals surface area contributed by atoms with E-state index in [1.165, 1.54) is 11.3 Å². The number of nitrogens with zero attached hydrogens (tertiary/aromatic N) is 2. The molecular weight excluding hydrogens is 504 g/mol. The lowest BCUT2D eigenvalue weighted by molar-refractivity contribution is -0.118. The quantitative estimate of drug-likeness (QED) is 0.406. The van der Waals surface area contributed by atoms with Gasteiger partial charge in [-0.2, -0.15) is 16.8 Å². The number of aryl methyl sites for hydroxylation is 1. The van der Waals surface area contributed by atoms with E-state index in [2.05, 4.69) is 25.5 Å². The van der Waals surface area contributed by atoms with Crippen LogP contribution in [0.2, 0.25) is 0 Å². The molecular formula is C21H23BrN2O3S3. The Morgan fingerprint density at radius 3 is 2.70 bits per heavy atom. The summed E-state index contributed by atoms with van der Waals surface area (Å²) in [4.78, 5) is 17.4. The van der Waals surface area contributed by atoms with Crippen LogP contribution in [-0.4, -0.2) is 36.7 Å². The minimum atomic E-state index is -3.25. The van der Waals surface area contributed by atoms with Gasteiger partial charge >= 0.3 is 0 Å². The average Bonchev–Trinajstić information content (AvgIpc) is 3.02. The fraction of sp³-hybridized carbons (Fsp3) is 0.333. The second-order valence-corrected chi connectivity index (χ2v) is 11.9. The van der Waals surface area contributed by atoms with Crippen LogP contribution in [0.4, 0.5) is 0 Å². The second-order valence-electron chi connectivity index (χ2n) is 6.83. The maximum absolute atomic E-state index is 12.4. The number of hydrogen-bond acceptors (Lipinski definition) is 5. The van der Waals surface area contributed by atoms with E-state index in [0.29, 0.717) is 4.80 Å². The largest absolute Gasteiger partial charge is 0.316 e. The fourth-order valence-electron chi connectivity index (χ4n) is 3.04. The molecule has 0 saturated heterocycles. The molecule has 1 aromatic heterocycles. The Kier molecular flexibility index (Phi) is 8.33. The third kappa shape index (κ3) is 6.54. The molecule has 2 aromatic carbocycles. The van der Waals surface area contributed by atoms with Crippen molar-refractivity contribution < 1.29 is 13.2 Å². The Morgan fingerprint density at radius 2 is 1.97 bits per heavy atom. The molecule has 0 saturated carbocycles. The van der Waals surface area contributed by atoms with E-state index in [1.54, 1.807) is 23.9 Å². The van der Waals surface area contributed by atoms with E-state index in [-0.39, 0.29) is 30.3 Å². The molecule has 3 aromatic rings. The average molecular weight is 528 g/mol. The lowest BCUT2D eigenvalue weighted by atomic mass is 10.2. The monoisotopic (exact) mass is 526 g/mol. The van der Waals surface area contributed by atoms with E-state index in [4.69, 9.17) is 0 Å². The molecule has 0 N–H and O–H groups in total. The number of amides is 1. The summed E-state index contributed by atoms with van der Waals surface area (Å²) in [5.41, 5.74) is 1.81. The van der Waals surface area contributed by atoms with E-state index in [9.17, 15) is 13.2 Å². The summed E-state index contributed by atoms with van der Waals surface area (Å²) in [5.74, 6) is 0.614. The summed E-state index contributed by atoms with van der Waals surface area (Å²) in [6.07, 6.45) is 2.44. The van der Waals surface area contributed by atoms with Crippen molar-refractivity contribution in [2.24, 2.45) is 4.99 Å². The molecule has 0 unspecified atom stereocenters. The van der Waals surface area contributed by atoms with Crippen LogP contribution in [-0.2, 0) is 26.9 Å². The summed E-state index contributed by atoms with van der Waals surface area (Å²) in [6.45, 7) is 0.764. The number of thioether (sulfide) groups is 1. The maximum atomic E-state index is 12.4. The number of rotatable bonds is 9. The summed E-state index contributed by atoms with van der Waals surface area (Å²) < 4.78 is 28.7. The Balaban J connectivity index is 1.69. The Labute approximate surface area is 193 Å². The molecule has 0 spiro atoms. The lowest BCUT2D eigenvalue weighted by Gasteiger charge is -2.04. The van der Waals surface area contributed by atoms with Crippen molar-refractivity contribution in [2.75, 3.05) is 17.8 Å². The van der Waals surface area contributed by atoms with E-state index < -0.39 is 9.84 Å². The highest BCUT2D eigenvalue weighted by molar-refractivity contribution is 9.10. The van der Waals surface area contributed by atoms with Crippen LogP contribution in [0.3, 0.4) is 0 Å². The smallest absolute Gasteiger partial charge is 0.248 e. The first-order valence-corrected chi connectivity index (χ1v) is 14.3. The number of halogens is 1. The summed E-state index contributed by atoms with van der Waals surface area (Å²) in [6, 6.07) is 15.1. The molecule has 0 aliphatic heterocycles. The van der Waals surface area contributed by atoms with Gasteiger partial charge in [-0.1, -0.05) is 57.6 Å². The topological polar surface area (TPSA) is 68.5 Å². The van der Waals surface area contributed by atoms with Crippen molar-refractivity contribution in [3.05, 3.63) is 63.4 Å². The first-order chi connectivity index (χ1) is 14.4. The van der Waals surface area contributed by atoms with Crippen LogP contribution in [0, 0.1) is 0 Å². The van der Waals surface area contributed by atoms with Gasteiger partial charge < -0.3 is 4.57 Å². The predicted octanol–water partition coefficient (Wildman–Crippen LogP) is 4.65. The van der Waals surface area contributed by atoms with Gasteiger partial charge in [-0.05, 0) is 36.4 Å². The number of carbonyl (C=O) groups is 1. The van der Waals surface area contributed by atoms with Crippen LogP contribution in [0.5, 0.6) is 0 Å². The Morgan fingerprint density at radius 1 is 1.20 bits per heavy atom. The van der Waals surface area contributed by atoms with Gasteiger partial charge in [0.25, 0.3) is 0 Å². The summed E-state index contributed by atoms with van der Waals surface area (Å²) in [5, 5.41) is 0. The van der Waals surface area contributed by atoms with Gasteiger partial charge in [0, 0.05) is 23.2 Å². The zero-order valence-electron chi connectivity index (χ0n) is 16.6. The third-order valence-corrected chi connectivity index (χ3v) is 8.27. The van der Waals surface area contributed by atoms with E-state index in [0.717, 1.165) is 32.6 Å². The van der Waals surface area contributed by atoms with Gasteiger partial charge in [0.15, 0.2) is 14.6 Å². The van der Waals surface area contributed by atoms with Gasteiger partial charge in [-0.25, -0.2) is 8.42 Å². The van der Waals surface area contributed by atoms with E-state index in [1.807, 2.05) is 42.7 Å². The first-order valence-electron chi connectivity index (χ1n) is 9.48. The number of sulfone groups is 1. The Hall–Kier alpha value is -1.42. The lowest BCUT2D eigenvalue weighted by Crippen LogP contribution is -2.18. The highest BCUT2D eigenvalue weighted by atomic mass is 79.9. The number of carbonyl (C=O) groups excluding carboxylic acids is 1. The van der Waals surface area contributed by atoms with Crippen molar-refractivity contribution in [3.8, 4) is 0 Å².